The Hall–Kier alpha value is -5.94. The Kier molecular flexibility index (Phi) is 7.30. The predicted octanol–water partition coefficient (Wildman–Crippen LogP) is 9.94. The molecule has 0 radical (unpaired) electrons. The predicted molar refractivity (Wildman–Crippen MR) is 213 cm³/mol. The van der Waals surface area contributed by atoms with E-state index in [9.17, 15) is 0 Å². The minimum Gasteiger partial charge on any atom is -0.311 e. The molecule has 4 heterocycles. The summed E-state index contributed by atoms with van der Waals surface area (Å²) in [4.78, 5) is 14.3. The van der Waals surface area contributed by atoms with Crippen LogP contribution in [0.15, 0.2) is 158 Å². The van der Waals surface area contributed by atoms with Crippen LogP contribution in [-0.2, 0) is 0 Å². The molecule has 1 fully saturated rings. The highest BCUT2D eigenvalue weighted by molar-refractivity contribution is 7.00. The van der Waals surface area contributed by atoms with Crippen LogP contribution in [0.5, 0.6) is 0 Å². The minimum atomic E-state index is 0.0807. The highest BCUT2D eigenvalue weighted by Crippen LogP contribution is 2.47. The van der Waals surface area contributed by atoms with E-state index in [1.54, 1.807) is 0 Å². The quantitative estimate of drug-likeness (QED) is 0.173. The highest BCUT2D eigenvalue weighted by atomic mass is 15.2. The van der Waals surface area contributed by atoms with E-state index in [1.807, 2.05) is 30.7 Å². The van der Waals surface area contributed by atoms with Crippen molar-refractivity contribution in [3.05, 3.63) is 164 Å². The standard InChI is InChI=1S/C46H37BN4/c1-3-13-32(14-4-1)36-29-44-46-45(30-36)51(38-19-11-15-33(27-38)35-16-12-25-48-31-35)43-28-34(41-21-9-10-26-49-41)23-24-40(43)47(46)39-20-7-8-22-42(39)50(44)37-17-5-2-6-18-37/h2,5-12,15-32H,1,3-4,13-14H2. The molecule has 3 aliphatic rings. The number of nitrogens with zero attached hydrogens (tertiary/aromatic N) is 4. The number of pyridine rings is 2. The Morgan fingerprint density at radius 2 is 1.25 bits per heavy atom. The molecule has 244 valence electrons. The van der Waals surface area contributed by atoms with Crippen molar-refractivity contribution >= 4 is 57.2 Å². The van der Waals surface area contributed by atoms with Gasteiger partial charge >= 0.3 is 0 Å². The van der Waals surface area contributed by atoms with Gasteiger partial charge in [-0.1, -0.05) is 92.1 Å². The van der Waals surface area contributed by atoms with Crippen molar-refractivity contribution in [1.82, 2.24) is 9.97 Å². The summed E-state index contributed by atoms with van der Waals surface area (Å²) in [5, 5.41) is 0. The molecule has 10 rings (SSSR count). The fourth-order valence-corrected chi connectivity index (χ4v) is 8.82. The summed E-state index contributed by atoms with van der Waals surface area (Å²) >= 11 is 0. The van der Waals surface area contributed by atoms with Crippen LogP contribution in [0.1, 0.15) is 43.6 Å². The van der Waals surface area contributed by atoms with Crippen LogP contribution in [0.2, 0.25) is 0 Å². The maximum atomic E-state index is 4.78. The first-order chi connectivity index (χ1) is 25.3. The van der Waals surface area contributed by atoms with Gasteiger partial charge in [0.05, 0.1) is 5.69 Å². The second-order valence-electron chi connectivity index (χ2n) is 14.1. The highest BCUT2D eigenvalue weighted by Gasteiger charge is 2.44. The Labute approximate surface area is 300 Å². The lowest BCUT2D eigenvalue weighted by Gasteiger charge is -2.45. The number of anilines is 6. The van der Waals surface area contributed by atoms with Gasteiger partial charge in [-0.15, -0.1) is 0 Å². The summed E-state index contributed by atoms with van der Waals surface area (Å²) in [6, 6.07) is 51.4. The normalized spacial score (nSPS) is 14.9. The number of hydrogen-bond acceptors (Lipinski definition) is 4. The van der Waals surface area contributed by atoms with Crippen LogP contribution in [0.3, 0.4) is 0 Å². The van der Waals surface area contributed by atoms with Gasteiger partial charge < -0.3 is 9.80 Å². The molecule has 0 amide bonds. The van der Waals surface area contributed by atoms with Crippen LogP contribution in [0, 0.1) is 0 Å². The molecule has 0 unspecified atom stereocenters. The van der Waals surface area contributed by atoms with E-state index in [4.69, 9.17) is 4.98 Å². The molecule has 1 aliphatic carbocycles. The van der Waals surface area contributed by atoms with Crippen LogP contribution in [-0.4, -0.2) is 16.7 Å². The maximum Gasteiger partial charge on any atom is 0.252 e. The molecular formula is C46H37BN4. The second kappa shape index (κ2) is 12.4. The zero-order valence-corrected chi connectivity index (χ0v) is 28.5. The Bertz CT molecular complexity index is 2370. The molecule has 0 bridgehead atoms. The van der Waals surface area contributed by atoms with Crippen LogP contribution in [0.25, 0.3) is 22.4 Å². The van der Waals surface area contributed by atoms with Gasteiger partial charge in [0.1, 0.15) is 0 Å². The van der Waals surface area contributed by atoms with E-state index < -0.39 is 0 Å². The van der Waals surface area contributed by atoms with Gasteiger partial charge in [-0.2, -0.15) is 0 Å². The zero-order valence-electron chi connectivity index (χ0n) is 28.5. The molecule has 0 atom stereocenters. The monoisotopic (exact) mass is 656 g/mol. The van der Waals surface area contributed by atoms with Crippen LogP contribution in [0.4, 0.5) is 34.1 Å². The zero-order chi connectivity index (χ0) is 33.7. The molecule has 5 aromatic carbocycles. The Morgan fingerprint density at radius 1 is 0.510 bits per heavy atom. The Balaban J connectivity index is 1.29. The number of hydrogen-bond donors (Lipinski definition) is 0. The summed E-state index contributed by atoms with van der Waals surface area (Å²) in [5.41, 5.74) is 17.1. The average molecular weight is 657 g/mol. The largest absolute Gasteiger partial charge is 0.311 e. The lowest BCUT2D eigenvalue weighted by atomic mass is 9.33. The van der Waals surface area contributed by atoms with Gasteiger partial charge in [0, 0.05) is 63.8 Å². The van der Waals surface area contributed by atoms with Crippen molar-refractivity contribution in [3.8, 4) is 22.4 Å². The minimum absolute atomic E-state index is 0.0807. The first kappa shape index (κ1) is 29.9. The molecule has 2 aliphatic heterocycles. The molecule has 0 saturated heterocycles. The SMILES string of the molecule is c1ccc(N2c3ccccc3B3c4ccc(-c5ccccn5)cc4N(c4cccc(-c5cccnc5)c4)c4cc(C5CCCCC5)cc2c43)cc1. The number of benzene rings is 5. The summed E-state index contributed by atoms with van der Waals surface area (Å²) in [7, 11) is 0. The van der Waals surface area contributed by atoms with Gasteiger partial charge in [-0.25, -0.2) is 0 Å². The van der Waals surface area contributed by atoms with Crippen molar-refractivity contribution in [3.63, 3.8) is 0 Å². The van der Waals surface area contributed by atoms with Crippen molar-refractivity contribution in [1.29, 1.82) is 0 Å². The number of rotatable bonds is 5. The van der Waals surface area contributed by atoms with E-state index >= 15 is 0 Å². The smallest absolute Gasteiger partial charge is 0.252 e. The molecule has 0 spiro atoms. The number of aromatic nitrogens is 2. The lowest BCUT2D eigenvalue weighted by molar-refractivity contribution is 0.444. The maximum absolute atomic E-state index is 4.78. The van der Waals surface area contributed by atoms with E-state index in [1.165, 1.54) is 82.5 Å². The molecule has 1 saturated carbocycles. The number of para-hydroxylation sites is 2. The third-order valence-electron chi connectivity index (χ3n) is 11.2. The molecular weight excluding hydrogens is 619 g/mol. The molecule has 4 nitrogen and oxygen atoms in total. The molecule has 7 aromatic rings. The third kappa shape index (κ3) is 5.07. The van der Waals surface area contributed by atoms with Gasteiger partial charge in [0.2, 0.25) is 0 Å². The van der Waals surface area contributed by atoms with Crippen molar-refractivity contribution in [2.75, 3.05) is 9.80 Å². The summed E-state index contributed by atoms with van der Waals surface area (Å²) in [6.07, 6.45) is 12.1. The molecule has 51 heavy (non-hydrogen) atoms. The summed E-state index contributed by atoms with van der Waals surface area (Å²) < 4.78 is 0. The first-order valence-electron chi connectivity index (χ1n) is 18.3. The summed E-state index contributed by atoms with van der Waals surface area (Å²) in [5.74, 6) is 0.540. The summed E-state index contributed by atoms with van der Waals surface area (Å²) in [6.45, 7) is 0.0807. The van der Waals surface area contributed by atoms with Gasteiger partial charge in [0.25, 0.3) is 6.71 Å². The number of fused-ring (bicyclic) bond motifs is 4. The topological polar surface area (TPSA) is 32.3 Å². The molecule has 0 N–H and O–H groups in total. The van der Waals surface area contributed by atoms with Crippen LogP contribution < -0.4 is 26.2 Å². The van der Waals surface area contributed by atoms with Crippen molar-refractivity contribution in [2.24, 2.45) is 0 Å². The fraction of sp³-hybridized carbons (Fsp3) is 0.130. The fourth-order valence-electron chi connectivity index (χ4n) is 8.82. The van der Waals surface area contributed by atoms with Crippen LogP contribution >= 0.6 is 0 Å². The van der Waals surface area contributed by atoms with E-state index in [2.05, 4.69) is 142 Å². The average Bonchev–Trinajstić information content (AvgIpc) is 3.21. The van der Waals surface area contributed by atoms with E-state index in [-0.39, 0.29) is 6.71 Å². The Morgan fingerprint density at radius 3 is 2.06 bits per heavy atom. The van der Waals surface area contributed by atoms with Gasteiger partial charge in [-0.3, -0.25) is 9.97 Å². The van der Waals surface area contributed by atoms with Crippen molar-refractivity contribution in [2.45, 2.75) is 38.0 Å². The van der Waals surface area contributed by atoms with Crippen molar-refractivity contribution < 1.29 is 0 Å². The lowest BCUT2D eigenvalue weighted by Crippen LogP contribution is -2.61. The third-order valence-corrected chi connectivity index (χ3v) is 11.2. The first-order valence-corrected chi connectivity index (χ1v) is 18.3. The molecule has 2 aromatic heterocycles. The second-order valence-corrected chi connectivity index (χ2v) is 14.1. The van der Waals surface area contributed by atoms with Gasteiger partial charge in [0.15, 0.2) is 0 Å². The van der Waals surface area contributed by atoms with E-state index in [0.29, 0.717) is 5.92 Å². The van der Waals surface area contributed by atoms with E-state index in [0.717, 1.165) is 28.1 Å². The van der Waals surface area contributed by atoms with Gasteiger partial charge in [-0.05, 0) is 113 Å². The molecule has 5 heteroatoms.